The monoisotopic (exact) mass is 283 g/mol. The topological polar surface area (TPSA) is 130 Å². The second-order valence-corrected chi connectivity index (χ2v) is 4.96. The molecule has 0 radical (unpaired) electrons. The average Bonchev–Trinajstić information content (AvgIpc) is 2.93. The van der Waals surface area contributed by atoms with Crippen LogP contribution >= 0.6 is 0 Å². The van der Waals surface area contributed by atoms with Crippen molar-refractivity contribution in [3.05, 3.63) is 16.7 Å². The van der Waals surface area contributed by atoms with Crippen LogP contribution in [0.4, 0.5) is 10.3 Å². The Bertz CT molecular complexity index is 699. The van der Waals surface area contributed by atoms with Crippen LogP contribution in [0.2, 0.25) is 0 Å². The maximum Gasteiger partial charge on any atom is 0.280 e. The van der Waals surface area contributed by atoms with E-state index in [1.165, 1.54) is 10.9 Å². The number of nitrogens with two attached hydrogens (primary N) is 1. The van der Waals surface area contributed by atoms with Gasteiger partial charge in [-0.1, -0.05) is 0 Å². The normalized spacial score (nSPS) is 30.1. The van der Waals surface area contributed by atoms with Gasteiger partial charge in [0.2, 0.25) is 5.95 Å². The number of nitrogens with one attached hydrogen (secondary N) is 1. The summed E-state index contributed by atoms with van der Waals surface area (Å²) in [5.41, 5.74) is 5.21. The molecule has 108 valence electrons. The van der Waals surface area contributed by atoms with Gasteiger partial charge in [-0.15, -0.1) is 0 Å². The Kier molecular flexibility index (Phi) is 2.94. The number of nitrogens with zero attached hydrogens (tertiary/aromatic N) is 3. The van der Waals surface area contributed by atoms with Crippen molar-refractivity contribution in [3.8, 4) is 0 Å². The second-order valence-electron chi connectivity index (χ2n) is 4.96. The van der Waals surface area contributed by atoms with E-state index in [-0.39, 0.29) is 30.1 Å². The fourth-order valence-electron chi connectivity index (χ4n) is 2.70. The van der Waals surface area contributed by atoms with Crippen LogP contribution in [0.3, 0.4) is 0 Å². The summed E-state index contributed by atoms with van der Waals surface area (Å²) < 4.78 is 15.5. The van der Waals surface area contributed by atoms with Crippen molar-refractivity contribution in [1.29, 1.82) is 0 Å². The zero-order chi connectivity index (χ0) is 14.4. The summed E-state index contributed by atoms with van der Waals surface area (Å²) in [5, 5.41) is 18.9. The minimum Gasteiger partial charge on any atom is -0.396 e. The summed E-state index contributed by atoms with van der Waals surface area (Å²) >= 11 is 0. The van der Waals surface area contributed by atoms with Gasteiger partial charge in [-0.3, -0.25) is 9.78 Å². The van der Waals surface area contributed by atoms with Gasteiger partial charge in [0.25, 0.3) is 5.56 Å². The Labute approximate surface area is 112 Å². The summed E-state index contributed by atoms with van der Waals surface area (Å²) in [5.74, 6) is -0.635. The maximum atomic E-state index is 14.2. The molecule has 1 saturated carbocycles. The molecule has 4 atom stereocenters. The molecule has 0 amide bonds. The molecule has 2 aromatic heterocycles. The average molecular weight is 283 g/mol. The largest absolute Gasteiger partial charge is 0.396 e. The van der Waals surface area contributed by atoms with E-state index in [0.717, 1.165) is 0 Å². The number of aromatic nitrogens is 4. The molecule has 2 heterocycles. The summed E-state index contributed by atoms with van der Waals surface area (Å²) in [4.78, 5) is 21.8. The predicted octanol–water partition coefficient (Wildman–Crippen LogP) is -1.05. The van der Waals surface area contributed by atoms with Crippen LogP contribution in [0.15, 0.2) is 11.1 Å². The number of fused-ring (bicyclic) bond motifs is 1. The molecule has 0 spiro atoms. The SMILES string of the molecule is Nc1nc2c(ncn2C2C[C@@H](CO)[C@H](O)[C@H]2F)c(=O)[nH]1. The highest BCUT2D eigenvalue weighted by Crippen LogP contribution is 2.38. The minimum atomic E-state index is -1.56. The van der Waals surface area contributed by atoms with E-state index in [0.29, 0.717) is 0 Å². The molecule has 0 aliphatic heterocycles. The molecule has 0 aromatic carbocycles. The molecule has 0 saturated heterocycles. The van der Waals surface area contributed by atoms with Crippen molar-refractivity contribution in [2.75, 3.05) is 12.3 Å². The number of anilines is 1. The van der Waals surface area contributed by atoms with Gasteiger partial charge in [0.05, 0.1) is 18.5 Å². The summed E-state index contributed by atoms with van der Waals surface area (Å²) in [6, 6.07) is -0.735. The Morgan fingerprint density at radius 3 is 3.00 bits per heavy atom. The molecule has 20 heavy (non-hydrogen) atoms. The van der Waals surface area contributed by atoms with E-state index in [1.807, 2.05) is 0 Å². The van der Waals surface area contributed by atoms with Gasteiger partial charge < -0.3 is 20.5 Å². The van der Waals surface area contributed by atoms with Crippen LogP contribution in [-0.2, 0) is 0 Å². The van der Waals surface area contributed by atoms with Crippen LogP contribution in [0, 0.1) is 5.92 Å². The second kappa shape index (κ2) is 4.53. The van der Waals surface area contributed by atoms with Crippen molar-refractivity contribution < 1.29 is 14.6 Å². The third-order valence-corrected chi connectivity index (χ3v) is 3.76. The lowest BCUT2D eigenvalue weighted by molar-refractivity contribution is 0.0400. The summed E-state index contributed by atoms with van der Waals surface area (Å²) in [6.07, 6.45) is -1.27. The van der Waals surface area contributed by atoms with Gasteiger partial charge in [0, 0.05) is 12.5 Å². The number of H-pyrrole nitrogens is 1. The van der Waals surface area contributed by atoms with Gasteiger partial charge in [0.15, 0.2) is 11.2 Å². The molecule has 1 aliphatic carbocycles. The van der Waals surface area contributed by atoms with Crippen molar-refractivity contribution in [2.45, 2.75) is 24.7 Å². The van der Waals surface area contributed by atoms with E-state index >= 15 is 0 Å². The van der Waals surface area contributed by atoms with Gasteiger partial charge >= 0.3 is 0 Å². The van der Waals surface area contributed by atoms with Crippen LogP contribution in [0.5, 0.6) is 0 Å². The zero-order valence-electron chi connectivity index (χ0n) is 10.4. The lowest BCUT2D eigenvalue weighted by Crippen LogP contribution is -2.27. The highest BCUT2D eigenvalue weighted by Gasteiger charge is 2.44. The zero-order valence-corrected chi connectivity index (χ0v) is 10.4. The first-order valence-electron chi connectivity index (χ1n) is 6.18. The highest BCUT2D eigenvalue weighted by molar-refractivity contribution is 5.70. The number of hydrogen-bond donors (Lipinski definition) is 4. The third kappa shape index (κ3) is 1.78. The highest BCUT2D eigenvalue weighted by atomic mass is 19.1. The predicted molar refractivity (Wildman–Crippen MR) is 67.7 cm³/mol. The molecule has 5 N–H and O–H groups in total. The Morgan fingerprint density at radius 1 is 1.60 bits per heavy atom. The third-order valence-electron chi connectivity index (χ3n) is 3.76. The minimum absolute atomic E-state index is 0.0633. The quantitative estimate of drug-likeness (QED) is 0.556. The molecule has 2 aromatic rings. The lowest BCUT2D eigenvalue weighted by atomic mass is 10.1. The summed E-state index contributed by atoms with van der Waals surface area (Å²) in [7, 11) is 0. The summed E-state index contributed by atoms with van der Waals surface area (Å²) in [6.45, 7) is -0.305. The number of rotatable bonds is 2. The van der Waals surface area contributed by atoms with Crippen molar-refractivity contribution in [1.82, 2.24) is 19.5 Å². The first kappa shape index (κ1) is 13.0. The smallest absolute Gasteiger partial charge is 0.280 e. The van der Waals surface area contributed by atoms with Gasteiger partial charge in [-0.25, -0.2) is 9.37 Å². The molecule has 1 unspecified atom stereocenters. The number of hydrogen-bond acceptors (Lipinski definition) is 6. The number of alkyl halides is 1. The van der Waals surface area contributed by atoms with E-state index in [1.54, 1.807) is 0 Å². The van der Waals surface area contributed by atoms with E-state index in [9.17, 15) is 14.3 Å². The number of halogens is 1. The number of imidazole rings is 1. The van der Waals surface area contributed by atoms with Crippen molar-refractivity contribution in [2.24, 2.45) is 5.92 Å². The molecule has 0 bridgehead atoms. The number of nitrogen functional groups attached to an aromatic ring is 1. The van der Waals surface area contributed by atoms with E-state index < -0.39 is 29.8 Å². The van der Waals surface area contributed by atoms with E-state index in [4.69, 9.17) is 10.8 Å². The lowest BCUT2D eigenvalue weighted by Gasteiger charge is -2.16. The first-order valence-corrected chi connectivity index (χ1v) is 6.18. The fourth-order valence-corrected chi connectivity index (χ4v) is 2.70. The number of aromatic amines is 1. The Morgan fingerprint density at radius 2 is 2.35 bits per heavy atom. The Hall–Kier alpha value is -2.00. The number of aliphatic hydroxyl groups excluding tert-OH is 2. The van der Waals surface area contributed by atoms with Crippen molar-refractivity contribution >= 4 is 17.1 Å². The van der Waals surface area contributed by atoms with Gasteiger partial charge in [0.1, 0.15) is 6.17 Å². The van der Waals surface area contributed by atoms with Crippen molar-refractivity contribution in [3.63, 3.8) is 0 Å². The van der Waals surface area contributed by atoms with E-state index in [2.05, 4.69) is 15.0 Å². The molecular formula is C11H14FN5O3. The fraction of sp³-hybridized carbons (Fsp3) is 0.545. The van der Waals surface area contributed by atoms with Gasteiger partial charge in [-0.2, -0.15) is 4.98 Å². The molecule has 3 rings (SSSR count). The standard InChI is InChI=1S/C11H14FN5O3/c12-6-5(1-4(2-18)8(6)19)17-3-14-7-9(17)15-11(13)16-10(7)20/h3-6,8,18-19H,1-2H2,(H3,13,15,16,20)/t4-,5?,6-,8-/m0/s1. The molecule has 8 nitrogen and oxygen atoms in total. The molecule has 1 aliphatic rings. The molecular weight excluding hydrogens is 269 g/mol. The van der Waals surface area contributed by atoms with Crippen LogP contribution in [0.1, 0.15) is 12.5 Å². The van der Waals surface area contributed by atoms with Gasteiger partial charge in [-0.05, 0) is 6.42 Å². The molecule has 1 fully saturated rings. The van der Waals surface area contributed by atoms with Crippen LogP contribution < -0.4 is 11.3 Å². The van der Waals surface area contributed by atoms with Crippen LogP contribution in [-0.4, -0.2) is 48.6 Å². The first-order chi connectivity index (χ1) is 9.52. The molecule has 9 heteroatoms. The number of aliphatic hydroxyl groups is 2. The maximum absolute atomic E-state index is 14.2. The Balaban J connectivity index is 2.09. The van der Waals surface area contributed by atoms with Crippen LogP contribution in [0.25, 0.3) is 11.2 Å².